The van der Waals surface area contributed by atoms with Gasteiger partial charge in [-0.25, -0.2) is 0 Å². The molecular weight excluding hydrogens is 484 g/mol. The number of carbonyl (C=O) groups is 3. The number of hydrogen-bond donors (Lipinski definition) is 1. The van der Waals surface area contributed by atoms with Gasteiger partial charge in [0.25, 0.3) is 0 Å². The van der Waals surface area contributed by atoms with E-state index in [4.69, 9.17) is 14.2 Å². The average Bonchev–Trinajstić information content (AvgIpc) is 2.85. The van der Waals surface area contributed by atoms with Crippen molar-refractivity contribution in [2.24, 2.45) is 17.8 Å². The molecule has 0 saturated heterocycles. The zero-order valence-corrected chi connectivity index (χ0v) is 23.1. The molecule has 204 valence electrons. The monoisotopic (exact) mass is 522 g/mol. The number of methoxy groups -OCH3 is 2. The van der Waals surface area contributed by atoms with E-state index in [1.807, 2.05) is 0 Å². The molecule has 4 atom stereocenters. The van der Waals surface area contributed by atoms with Crippen LogP contribution < -0.4 is 9.47 Å². The van der Waals surface area contributed by atoms with Crippen LogP contribution in [0.4, 0.5) is 0 Å². The van der Waals surface area contributed by atoms with E-state index in [2.05, 4.69) is 20.8 Å². The minimum Gasteiger partial charge on any atom is -0.496 e. The first kappa shape index (κ1) is 27.8. The van der Waals surface area contributed by atoms with E-state index in [1.165, 1.54) is 14.2 Å². The number of aliphatic hydroxyl groups is 1. The van der Waals surface area contributed by atoms with Crippen molar-refractivity contribution in [1.82, 2.24) is 0 Å². The molecule has 0 spiro atoms. The number of rotatable bonds is 8. The maximum atomic E-state index is 13.5. The minimum absolute atomic E-state index is 0.0413. The fourth-order valence-electron chi connectivity index (χ4n) is 6.05. The van der Waals surface area contributed by atoms with Crippen LogP contribution in [0.3, 0.4) is 0 Å². The van der Waals surface area contributed by atoms with Crippen molar-refractivity contribution in [3.63, 3.8) is 0 Å². The second-order valence-electron chi connectivity index (χ2n) is 11.4. The van der Waals surface area contributed by atoms with E-state index in [9.17, 15) is 19.5 Å². The van der Waals surface area contributed by atoms with Crippen LogP contribution in [-0.4, -0.2) is 48.6 Å². The molecule has 7 nitrogen and oxygen atoms in total. The van der Waals surface area contributed by atoms with Gasteiger partial charge in [-0.05, 0) is 55.2 Å². The highest BCUT2D eigenvalue weighted by molar-refractivity contribution is 6.30. The van der Waals surface area contributed by atoms with E-state index in [0.29, 0.717) is 29.1 Å². The molecule has 1 fully saturated rings. The molecule has 0 radical (unpaired) electrons. The zero-order valence-electron chi connectivity index (χ0n) is 23.1. The Morgan fingerprint density at radius 1 is 1.03 bits per heavy atom. The Bertz CT molecular complexity index is 1240. The van der Waals surface area contributed by atoms with E-state index in [1.54, 1.807) is 37.3 Å². The molecule has 0 aromatic heterocycles. The van der Waals surface area contributed by atoms with Gasteiger partial charge < -0.3 is 19.3 Å². The van der Waals surface area contributed by atoms with Gasteiger partial charge in [-0.1, -0.05) is 45.4 Å². The Hall–Kier alpha value is -3.19. The summed E-state index contributed by atoms with van der Waals surface area (Å²) in [5, 5.41) is 11.2. The fourth-order valence-corrected chi connectivity index (χ4v) is 6.05. The van der Waals surface area contributed by atoms with Gasteiger partial charge >= 0.3 is 5.97 Å². The van der Waals surface area contributed by atoms with Crippen molar-refractivity contribution in [3.8, 4) is 11.5 Å². The summed E-state index contributed by atoms with van der Waals surface area (Å²) in [5.74, 6) is 0.659. The van der Waals surface area contributed by atoms with Crippen molar-refractivity contribution < 1.29 is 33.7 Å². The molecular formula is C31H38O7. The number of hydrogen-bond acceptors (Lipinski definition) is 7. The minimum atomic E-state index is -1.45. The van der Waals surface area contributed by atoms with Gasteiger partial charge in [-0.3, -0.25) is 14.4 Å². The summed E-state index contributed by atoms with van der Waals surface area (Å²) in [6, 6.07) is 8.15. The molecule has 2 aliphatic rings. The van der Waals surface area contributed by atoms with Crippen molar-refractivity contribution in [2.45, 2.75) is 71.5 Å². The molecule has 38 heavy (non-hydrogen) atoms. The number of benzene rings is 2. The summed E-state index contributed by atoms with van der Waals surface area (Å²) in [4.78, 5) is 39.8. The topological polar surface area (TPSA) is 99.1 Å². The summed E-state index contributed by atoms with van der Waals surface area (Å²) >= 11 is 0. The van der Waals surface area contributed by atoms with Crippen LogP contribution in [0.25, 0.3) is 0 Å². The van der Waals surface area contributed by atoms with Crippen molar-refractivity contribution in [1.29, 1.82) is 0 Å². The molecule has 1 N–H and O–H groups in total. The standard InChI is InChI=1S/C31H38O7/c1-17(2)20-12-10-18(3)14-24(20)38-25(32)16-31(4,35)15-19-11-13-22-27(30(19)37-6)29(34)21-8-7-9-23(36-5)26(21)28(22)33/h7-9,11,13,17-18,20,24,35H,10,12,14-16H2,1-6H3/t18-,20+,24-,31+/m0/s1. The van der Waals surface area contributed by atoms with Gasteiger partial charge in [0.05, 0.1) is 37.4 Å². The number of esters is 1. The van der Waals surface area contributed by atoms with Gasteiger partial charge in [0.2, 0.25) is 0 Å². The highest BCUT2D eigenvalue weighted by Gasteiger charge is 2.38. The average molecular weight is 523 g/mol. The van der Waals surface area contributed by atoms with Crippen molar-refractivity contribution >= 4 is 17.5 Å². The van der Waals surface area contributed by atoms with Gasteiger partial charge in [-0.2, -0.15) is 0 Å². The first-order valence-corrected chi connectivity index (χ1v) is 13.4. The smallest absolute Gasteiger partial charge is 0.308 e. The summed E-state index contributed by atoms with van der Waals surface area (Å²) < 4.78 is 16.9. The normalized spacial score (nSPS) is 22.4. The second kappa shape index (κ2) is 10.9. The Labute approximate surface area is 224 Å². The predicted octanol–water partition coefficient (Wildman–Crippen LogP) is 5.17. The second-order valence-corrected chi connectivity index (χ2v) is 11.4. The Kier molecular flexibility index (Phi) is 7.98. The van der Waals surface area contributed by atoms with Crippen LogP contribution in [0, 0.1) is 17.8 Å². The molecule has 7 heteroatoms. The first-order chi connectivity index (χ1) is 18.0. The van der Waals surface area contributed by atoms with Gasteiger partial charge in [0.15, 0.2) is 11.6 Å². The van der Waals surface area contributed by atoms with E-state index in [0.717, 1.165) is 19.3 Å². The van der Waals surface area contributed by atoms with Crippen molar-refractivity contribution in [2.75, 3.05) is 14.2 Å². The Balaban J connectivity index is 1.57. The molecule has 0 bridgehead atoms. The lowest BCUT2D eigenvalue weighted by atomic mass is 9.75. The summed E-state index contributed by atoms with van der Waals surface area (Å²) in [6.07, 6.45) is 2.68. The number of fused-ring (bicyclic) bond motifs is 2. The Morgan fingerprint density at radius 2 is 1.71 bits per heavy atom. The van der Waals surface area contributed by atoms with E-state index >= 15 is 0 Å². The molecule has 0 unspecified atom stereocenters. The van der Waals surface area contributed by atoms with Crippen LogP contribution in [0.5, 0.6) is 11.5 Å². The lowest BCUT2D eigenvalue weighted by Gasteiger charge is -2.37. The van der Waals surface area contributed by atoms with Crippen LogP contribution >= 0.6 is 0 Å². The molecule has 0 heterocycles. The van der Waals surface area contributed by atoms with E-state index in [-0.39, 0.29) is 58.5 Å². The van der Waals surface area contributed by atoms with Crippen molar-refractivity contribution in [3.05, 3.63) is 58.1 Å². The largest absolute Gasteiger partial charge is 0.496 e. The maximum absolute atomic E-state index is 13.5. The fraction of sp³-hybridized carbons (Fsp3) is 0.516. The van der Waals surface area contributed by atoms with Gasteiger partial charge in [0.1, 0.15) is 17.6 Å². The van der Waals surface area contributed by atoms with Gasteiger partial charge in [0, 0.05) is 17.5 Å². The molecule has 0 amide bonds. The molecule has 1 saturated carbocycles. The van der Waals surface area contributed by atoms with Crippen LogP contribution in [0.15, 0.2) is 30.3 Å². The lowest BCUT2D eigenvalue weighted by molar-refractivity contribution is -0.160. The third-order valence-corrected chi connectivity index (χ3v) is 7.97. The van der Waals surface area contributed by atoms with Crippen LogP contribution in [0.2, 0.25) is 0 Å². The van der Waals surface area contributed by atoms with Crippen LogP contribution in [-0.2, 0) is 16.0 Å². The zero-order chi connectivity index (χ0) is 27.8. The van der Waals surface area contributed by atoms with Gasteiger partial charge in [-0.15, -0.1) is 0 Å². The van der Waals surface area contributed by atoms with E-state index < -0.39 is 11.6 Å². The number of carbonyl (C=O) groups excluding carboxylic acids is 3. The predicted molar refractivity (Wildman–Crippen MR) is 143 cm³/mol. The maximum Gasteiger partial charge on any atom is 0.308 e. The molecule has 4 rings (SSSR count). The molecule has 2 aromatic carbocycles. The third-order valence-electron chi connectivity index (χ3n) is 7.97. The summed E-state index contributed by atoms with van der Waals surface area (Å²) in [6.45, 7) is 8.06. The summed E-state index contributed by atoms with van der Waals surface area (Å²) in [5.41, 5.74) is -0.0664. The third kappa shape index (κ3) is 5.35. The quantitative estimate of drug-likeness (QED) is 0.408. The Morgan fingerprint density at radius 3 is 2.37 bits per heavy atom. The number of ether oxygens (including phenoxy) is 3. The molecule has 0 aliphatic heterocycles. The first-order valence-electron chi connectivity index (χ1n) is 13.4. The molecule has 2 aliphatic carbocycles. The highest BCUT2D eigenvalue weighted by atomic mass is 16.5. The SMILES string of the molecule is COc1cccc2c1C(=O)c1ccc(C[C@@](C)(O)CC(=O)O[C@H]3C[C@@H](C)CC[C@@H]3C(C)C)c(OC)c1C2=O. The molecule has 2 aromatic rings. The lowest BCUT2D eigenvalue weighted by Crippen LogP contribution is -2.38. The number of ketones is 2. The highest BCUT2D eigenvalue weighted by Crippen LogP contribution is 2.40. The van der Waals surface area contributed by atoms with Crippen LogP contribution in [0.1, 0.15) is 90.8 Å². The summed E-state index contributed by atoms with van der Waals surface area (Å²) in [7, 11) is 2.88.